The molecule has 166 valence electrons. The molecule has 0 aliphatic heterocycles. The molecule has 0 fully saturated rings. The topological polar surface area (TPSA) is 85.9 Å². The molecule has 0 heterocycles. The Morgan fingerprint density at radius 2 is 1.41 bits per heavy atom. The van der Waals surface area contributed by atoms with Gasteiger partial charge in [0.15, 0.2) is 6.61 Å². The van der Waals surface area contributed by atoms with Gasteiger partial charge in [0.2, 0.25) is 0 Å². The molecular weight excluding hydrogens is 408 g/mol. The fourth-order valence-electron chi connectivity index (χ4n) is 3.09. The molecule has 3 aromatic carbocycles. The number of methoxy groups -OCH3 is 2. The van der Waals surface area contributed by atoms with Crippen LogP contribution in [0.2, 0.25) is 0 Å². The number of nitrogens with one attached hydrogen (secondary N) is 2. The van der Waals surface area contributed by atoms with Gasteiger partial charge in [-0.05, 0) is 43.2 Å². The summed E-state index contributed by atoms with van der Waals surface area (Å²) in [5.74, 6) is 0.760. The van der Waals surface area contributed by atoms with E-state index in [1.165, 1.54) is 14.2 Å². The van der Waals surface area contributed by atoms with E-state index in [9.17, 15) is 9.59 Å². The predicted molar refractivity (Wildman–Crippen MR) is 124 cm³/mol. The number of amides is 2. The molecule has 3 rings (SSSR count). The molecule has 0 atom stereocenters. The van der Waals surface area contributed by atoms with E-state index >= 15 is 0 Å². The molecule has 0 aliphatic carbocycles. The van der Waals surface area contributed by atoms with Crippen LogP contribution in [0.4, 0.5) is 11.4 Å². The summed E-state index contributed by atoms with van der Waals surface area (Å²) >= 11 is 0. The lowest BCUT2D eigenvalue weighted by Gasteiger charge is -2.16. The van der Waals surface area contributed by atoms with Gasteiger partial charge in [-0.1, -0.05) is 30.3 Å². The van der Waals surface area contributed by atoms with Gasteiger partial charge in [0.25, 0.3) is 11.8 Å². The standard InChI is InChI=1S/C25H26N2O5/c1-16-9-8-12-21(17(16)2)32-15-24(28)26-19-13-23(31-4)20(14-22(19)30-3)27-25(29)18-10-6-5-7-11-18/h5-14H,15H2,1-4H3,(H,26,28)(H,27,29). The monoisotopic (exact) mass is 434 g/mol. The van der Waals surface area contributed by atoms with Gasteiger partial charge >= 0.3 is 0 Å². The molecule has 0 radical (unpaired) electrons. The highest BCUT2D eigenvalue weighted by molar-refractivity contribution is 6.05. The van der Waals surface area contributed by atoms with Crippen LogP contribution in [0, 0.1) is 13.8 Å². The van der Waals surface area contributed by atoms with Gasteiger partial charge < -0.3 is 24.8 Å². The van der Waals surface area contributed by atoms with Gasteiger partial charge in [-0.2, -0.15) is 0 Å². The maximum atomic E-state index is 12.5. The van der Waals surface area contributed by atoms with Crippen LogP contribution in [0.15, 0.2) is 60.7 Å². The molecule has 2 amide bonds. The second kappa shape index (κ2) is 10.3. The smallest absolute Gasteiger partial charge is 0.262 e. The van der Waals surface area contributed by atoms with E-state index < -0.39 is 0 Å². The van der Waals surface area contributed by atoms with E-state index in [-0.39, 0.29) is 18.4 Å². The molecule has 7 nitrogen and oxygen atoms in total. The Hall–Kier alpha value is -4.00. The van der Waals surface area contributed by atoms with Crippen LogP contribution in [0.1, 0.15) is 21.5 Å². The zero-order chi connectivity index (χ0) is 23.1. The number of hydrogen-bond donors (Lipinski definition) is 2. The average Bonchev–Trinajstić information content (AvgIpc) is 2.81. The molecule has 0 saturated heterocycles. The fourth-order valence-corrected chi connectivity index (χ4v) is 3.09. The van der Waals surface area contributed by atoms with Crippen LogP contribution in [-0.4, -0.2) is 32.6 Å². The fraction of sp³-hybridized carbons (Fsp3) is 0.200. The SMILES string of the molecule is COc1cc(NC(=O)c2ccccc2)c(OC)cc1NC(=O)COc1cccc(C)c1C. The Kier molecular flexibility index (Phi) is 7.33. The first-order valence-electron chi connectivity index (χ1n) is 10.0. The summed E-state index contributed by atoms with van der Waals surface area (Å²) in [5, 5.41) is 5.58. The number of ether oxygens (including phenoxy) is 3. The predicted octanol–water partition coefficient (Wildman–Crippen LogP) is 4.59. The van der Waals surface area contributed by atoms with Gasteiger partial charge in [-0.15, -0.1) is 0 Å². The van der Waals surface area contributed by atoms with Crippen molar-refractivity contribution >= 4 is 23.2 Å². The Morgan fingerprint density at radius 3 is 2.03 bits per heavy atom. The molecule has 0 aromatic heterocycles. The summed E-state index contributed by atoms with van der Waals surface area (Å²) < 4.78 is 16.5. The number of rotatable bonds is 8. The minimum absolute atomic E-state index is 0.164. The first kappa shape index (κ1) is 22.7. The third kappa shape index (κ3) is 5.37. The molecule has 0 spiro atoms. The van der Waals surface area contributed by atoms with Crippen molar-refractivity contribution < 1.29 is 23.8 Å². The van der Waals surface area contributed by atoms with Crippen molar-refractivity contribution in [1.82, 2.24) is 0 Å². The molecule has 0 aliphatic rings. The van der Waals surface area contributed by atoms with Gasteiger partial charge in [0.05, 0.1) is 25.6 Å². The number of aryl methyl sites for hydroxylation is 1. The second-order valence-corrected chi connectivity index (χ2v) is 7.11. The normalized spacial score (nSPS) is 10.2. The minimum Gasteiger partial charge on any atom is -0.494 e. The largest absolute Gasteiger partial charge is 0.494 e. The lowest BCUT2D eigenvalue weighted by Crippen LogP contribution is -2.21. The van der Waals surface area contributed by atoms with Crippen LogP contribution in [0.3, 0.4) is 0 Å². The zero-order valence-electron chi connectivity index (χ0n) is 18.5. The van der Waals surface area contributed by atoms with E-state index in [1.54, 1.807) is 36.4 Å². The van der Waals surface area contributed by atoms with Crippen molar-refractivity contribution in [1.29, 1.82) is 0 Å². The highest BCUT2D eigenvalue weighted by atomic mass is 16.5. The van der Waals surface area contributed by atoms with E-state index in [1.807, 2.05) is 38.1 Å². The maximum Gasteiger partial charge on any atom is 0.262 e. The van der Waals surface area contributed by atoms with E-state index in [2.05, 4.69) is 10.6 Å². The van der Waals surface area contributed by atoms with Crippen molar-refractivity contribution in [2.45, 2.75) is 13.8 Å². The van der Waals surface area contributed by atoms with Gasteiger partial charge in [-0.3, -0.25) is 9.59 Å². The van der Waals surface area contributed by atoms with E-state index in [0.717, 1.165) is 11.1 Å². The van der Waals surface area contributed by atoms with Gasteiger partial charge in [0, 0.05) is 17.7 Å². The molecule has 7 heteroatoms. The third-order valence-electron chi connectivity index (χ3n) is 4.99. The Morgan fingerprint density at radius 1 is 0.781 bits per heavy atom. The highest BCUT2D eigenvalue weighted by Crippen LogP contribution is 2.36. The van der Waals surface area contributed by atoms with Crippen LogP contribution < -0.4 is 24.8 Å². The molecule has 32 heavy (non-hydrogen) atoms. The number of carbonyl (C=O) groups is 2. The number of anilines is 2. The van der Waals surface area contributed by atoms with E-state index in [4.69, 9.17) is 14.2 Å². The van der Waals surface area contributed by atoms with Crippen LogP contribution in [0.25, 0.3) is 0 Å². The molecule has 0 saturated carbocycles. The van der Waals surface area contributed by atoms with Crippen molar-refractivity contribution in [3.05, 3.63) is 77.4 Å². The van der Waals surface area contributed by atoms with Crippen LogP contribution >= 0.6 is 0 Å². The van der Waals surface area contributed by atoms with Crippen molar-refractivity contribution in [2.75, 3.05) is 31.5 Å². The summed E-state index contributed by atoms with van der Waals surface area (Å²) in [4.78, 5) is 25.0. The lowest BCUT2D eigenvalue weighted by molar-refractivity contribution is -0.118. The Bertz CT molecular complexity index is 1110. The Labute approximate surface area is 187 Å². The maximum absolute atomic E-state index is 12.5. The average molecular weight is 434 g/mol. The summed E-state index contributed by atoms with van der Waals surface area (Å²) in [6, 6.07) is 17.7. The number of benzene rings is 3. The van der Waals surface area contributed by atoms with Crippen molar-refractivity contribution in [3.8, 4) is 17.2 Å². The molecule has 2 N–H and O–H groups in total. The molecular formula is C25H26N2O5. The number of hydrogen-bond acceptors (Lipinski definition) is 5. The van der Waals surface area contributed by atoms with Crippen molar-refractivity contribution in [3.63, 3.8) is 0 Å². The first-order valence-corrected chi connectivity index (χ1v) is 10.0. The second-order valence-electron chi connectivity index (χ2n) is 7.11. The summed E-state index contributed by atoms with van der Waals surface area (Å²) in [6.45, 7) is 3.76. The zero-order valence-corrected chi connectivity index (χ0v) is 18.5. The number of carbonyl (C=O) groups excluding carboxylic acids is 2. The van der Waals surface area contributed by atoms with Crippen molar-refractivity contribution in [2.24, 2.45) is 0 Å². The minimum atomic E-state index is -0.354. The Balaban J connectivity index is 1.74. The quantitative estimate of drug-likeness (QED) is 0.542. The molecule has 0 unspecified atom stereocenters. The summed E-state index contributed by atoms with van der Waals surface area (Å²) in [7, 11) is 2.96. The summed E-state index contributed by atoms with van der Waals surface area (Å²) in [5.41, 5.74) is 3.40. The first-order chi connectivity index (χ1) is 15.4. The lowest BCUT2D eigenvalue weighted by atomic mass is 10.1. The van der Waals surface area contributed by atoms with Crippen LogP contribution in [0.5, 0.6) is 17.2 Å². The van der Waals surface area contributed by atoms with Gasteiger partial charge in [0.1, 0.15) is 17.2 Å². The van der Waals surface area contributed by atoms with Gasteiger partial charge in [-0.25, -0.2) is 0 Å². The highest BCUT2D eigenvalue weighted by Gasteiger charge is 2.16. The molecule has 0 bridgehead atoms. The van der Waals surface area contributed by atoms with E-state index in [0.29, 0.717) is 34.2 Å². The van der Waals surface area contributed by atoms with Crippen LogP contribution in [-0.2, 0) is 4.79 Å². The summed E-state index contributed by atoms with van der Waals surface area (Å²) in [6.07, 6.45) is 0. The molecule has 3 aromatic rings. The third-order valence-corrected chi connectivity index (χ3v) is 4.99.